The molecule has 4 unspecified atom stereocenters. The van der Waals surface area contributed by atoms with Crippen molar-refractivity contribution in [2.24, 2.45) is 17.8 Å². The minimum Gasteiger partial charge on any atom is -0.506 e. The highest BCUT2D eigenvalue weighted by Crippen LogP contribution is 2.49. The van der Waals surface area contributed by atoms with Crippen molar-refractivity contribution in [1.29, 1.82) is 0 Å². The molecule has 3 heteroatoms. The molecule has 2 saturated carbocycles. The first kappa shape index (κ1) is 13.4. The van der Waals surface area contributed by atoms with Crippen LogP contribution in [0.1, 0.15) is 38.2 Å². The average molecular weight is 324 g/mol. The summed E-state index contributed by atoms with van der Waals surface area (Å²) in [7, 11) is 0. The zero-order valence-electron chi connectivity index (χ0n) is 11.4. The standard InChI is InChI=1S/C16H22BrNO/c1-10(14-8-11-5-6-12(14)7-11)18-9-13-3-2-4-15(17)16(13)19/h2-4,10-12,14,18-19H,5-9H2,1H3. The highest BCUT2D eigenvalue weighted by atomic mass is 79.9. The monoisotopic (exact) mass is 323 g/mol. The third kappa shape index (κ3) is 2.68. The van der Waals surface area contributed by atoms with Crippen LogP contribution in [0, 0.1) is 17.8 Å². The van der Waals surface area contributed by atoms with Crippen LogP contribution in [0.15, 0.2) is 22.7 Å². The van der Waals surface area contributed by atoms with E-state index in [0.29, 0.717) is 11.8 Å². The fraction of sp³-hybridized carbons (Fsp3) is 0.625. The molecule has 104 valence electrons. The van der Waals surface area contributed by atoms with Crippen molar-refractivity contribution < 1.29 is 5.11 Å². The first-order valence-electron chi connectivity index (χ1n) is 7.35. The largest absolute Gasteiger partial charge is 0.506 e. The van der Waals surface area contributed by atoms with Gasteiger partial charge < -0.3 is 10.4 Å². The van der Waals surface area contributed by atoms with Gasteiger partial charge in [-0.1, -0.05) is 18.6 Å². The SMILES string of the molecule is CC(NCc1cccc(Br)c1O)C1CC2CCC1C2. The second-order valence-electron chi connectivity index (χ2n) is 6.26. The van der Waals surface area contributed by atoms with Crippen LogP contribution in [-0.4, -0.2) is 11.1 Å². The van der Waals surface area contributed by atoms with Gasteiger partial charge in [0, 0.05) is 18.2 Å². The van der Waals surface area contributed by atoms with Crippen molar-refractivity contribution in [2.45, 2.75) is 45.2 Å². The Kier molecular flexibility index (Phi) is 3.86. The molecule has 4 atom stereocenters. The van der Waals surface area contributed by atoms with Crippen LogP contribution in [0.2, 0.25) is 0 Å². The lowest BCUT2D eigenvalue weighted by Crippen LogP contribution is -2.35. The number of hydrogen-bond acceptors (Lipinski definition) is 2. The molecule has 19 heavy (non-hydrogen) atoms. The zero-order valence-corrected chi connectivity index (χ0v) is 13.0. The summed E-state index contributed by atoms with van der Waals surface area (Å²) in [6, 6.07) is 6.38. The van der Waals surface area contributed by atoms with Crippen LogP contribution in [-0.2, 0) is 6.54 Å². The molecule has 2 aliphatic rings. The summed E-state index contributed by atoms with van der Waals surface area (Å²) in [5.41, 5.74) is 0.976. The van der Waals surface area contributed by atoms with E-state index in [1.165, 1.54) is 25.7 Å². The van der Waals surface area contributed by atoms with Crippen molar-refractivity contribution >= 4 is 15.9 Å². The van der Waals surface area contributed by atoms with Gasteiger partial charge in [0.2, 0.25) is 0 Å². The Morgan fingerprint density at radius 3 is 2.89 bits per heavy atom. The highest BCUT2D eigenvalue weighted by Gasteiger charge is 2.41. The maximum absolute atomic E-state index is 9.99. The van der Waals surface area contributed by atoms with Gasteiger partial charge in [0.15, 0.2) is 0 Å². The van der Waals surface area contributed by atoms with Crippen LogP contribution >= 0.6 is 15.9 Å². The summed E-state index contributed by atoms with van der Waals surface area (Å²) in [6.45, 7) is 3.06. The number of phenolic OH excluding ortho intramolecular Hbond substituents is 1. The van der Waals surface area contributed by atoms with Crippen LogP contribution in [0.3, 0.4) is 0 Å². The van der Waals surface area contributed by atoms with E-state index in [1.54, 1.807) is 0 Å². The van der Waals surface area contributed by atoms with Crippen LogP contribution in [0.5, 0.6) is 5.75 Å². The first-order valence-corrected chi connectivity index (χ1v) is 8.14. The summed E-state index contributed by atoms with van der Waals surface area (Å²) < 4.78 is 0.777. The summed E-state index contributed by atoms with van der Waals surface area (Å²) in [5.74, 6) is 3.16. The number of aromatic hydroxyl groups is 1. The van der Waals surface area contributed by atoms with E-state index in [9.17, 15) is 5.11 Å². The van der Waals surface area contributed by atoms with Gasteiger partial charge in [-0.3, -0.25) is 0 Å². The van der Waals surface area contributed by atoms with Gasteiger partial charge in [-0.25, -0.2) is 0 Å². The second kappa shape index (κ2) is 5.45. The molecule has 0 radical (unpaired) electrons. The van der Waals surface area contributed by atoms with Gasteiger partial charge in [0.1, 0.15) is 5.75 Å². The number of para-hydroxylation sites is 1. The summed E-state index contributed by atoms with van der Waals surface area (Å²) >= 11 is 3.37. The van der Waals surface area contributed by atoms with Crippen LogP contribution < -0.4 is 5.32 Å². The fourth-order valence-electron chi connectivity index (χ4n) is 4.03. The molecule has 2 bridgehead atoms. The molecule has 0 amide bonds. The van der Waals surface area contributed by atoms with Crippen molar-refractivity contribution in [3.8, 4) is 5.75 Å². The first-order chi connectivity index (χ1) is 9.15. The Hall–Kier alpha value is -0.540. The number of halogens is 1. The lowest BCUT2D eigenvalue weighted by atomic mass is 9.84. The van der Waals surface area contributed by atoms with E-state index in [4.69, 9.17) is 0 Å². The Morgan fingerprint density at radius 2 is 2.21 bits per heavy atom. The number of fused-ring (bicyclic) bond motifs is 2. The van der Waals surface area contributed by atoms with E-state index in [2.05, 4.69) is 28.2 Å². The molecule has 0 heterocycles. The molecule has 1 aromatic carbocycles. The van der Waals surface area contributed by atoms with Gasteiger partial charge in [-0.2, -0.15) is 0 Å². The van der Waals surface area contributed by atoms with Crippen molar-refractivity contribution in [3.63, 3.8) is 0 Å². The predicted octanol–water partition coefficient (Wildman–Crippen LogP) is 4.07. The number of hydrogen-bond donors (Lipinski definition) is 2. The molecule has 0 saturated heterocycles. The smallest absolute Gasteiger partial charge is 0.134 e. The van der Waals surface area contributed by atoms with Gasteiger partial charge in [0.05, 0.1) is 4.47 Å². The summed E-state index contributed by atoms with van der Waals surface area (Å²) in [5, 5.41) is 13.6. The molecular formula is C16H22BrNO. The van der Waals surface area contributed by atoms with E-state index < -0.39 is 0 Å². The lowest BCUT2D eigenvalue weighted by Gasteiger charge is -2.28. The minimum atomic E-state index is 0.371. The number of phenols is 1. The van der Waals surface area contributed by atoms with Gasteiger partial charge in [-0.15, -0.1) is 0 Å². The molecule has 2 N–H and O–H groups in total. The normalized spacial score (nSPS) is 30.7. The Balaban J connectivity index is 1.58. The molecular weight excluding hydrogens is 302 g/mol. The van der Waals surface area contributed by atoms with Crippen LogP contribution in [0.4, 0.5) is 0 Å². The van der Waals surface area contributed by atoms with E-state index >= 15 is 0 Å². The molecule has 0 aliphatic heterocycles. The zero-order chi connectivity index (χ0) is 13.4. The topological polar surface area (TPSA) is 32.3 Å². The molecule has 3 rings (SSSR count). The number of benzene rings is 1. The molecule has 2 fully saturated rings. The van der Waals surface area contributed by atoms with Crippen molar-refractivity contribution in [1.82, 2.24) is 5.32 Å². The average Bonchev–Trinajstić information content (AvgIpc) is 3.02. The maximum atomic E-state index is 9.99. The van der Waals surface area contributed by atoms with Crippen molar-refractivity contribution in [3.05, 3.63) is 28.2 Å². The Labute approximate surface area is 123 Å². The summed E-state index contributed by atoms with van der Waals surface area (Å²) in [6.07, 6.45) is 5.76. The number of nitrogens with one attached hydrogen (secondary N) is 1. The lowest BCUT2D eigenvalue weighted by molar-refractivity contribution is 0.259. The quantitative estimate of drug-likeness (QED) is 0.875. The Morgan fingerprint density at radius 1 is 1.37 bits per heavy atom. The highest BCUT2D eigenvalue weighted by molar-refractivity contribution is 9.10. The third-order valence-corrected chi connectivity index (χ3v) is 5.76. The third-order valence-electron chi connectivity index (χ3n) is 5.12. The second-order valence-corrected chi connectivity index (χ2v) is 7.11. The molecule has 2 aliphatic carbocycles. The van der Waals surface area contributed by atoms with Crippen LogP contribution in [0.25, 0.3) is 0 Å². The van der Waals surface area contributed by atoms with E-state index in [1.807, 2.05) is 18.2 Å². The van der Waals surface area contributed by atoms with E-state index in [0.717, 1.165) is 34.3 Å². The summed E-state index contributed by atoms with van der Waals surface area (Å²) in [4.78, 5) is 0. The van der Waals surface area contributed by atoms with Gasteiger partial charge >= 0.3 is 0 Å². The molecule has 1 aromatic rings. The fourth-order valence-corrected chi connectivity index (χ4v) is 4.44. The molecule has 0 aromatic heterocycles. The van der Waals surface area contributed by atoms with E-state index in [-0.39, 0.29) is 0 Å². The minimum absolute atomic E-state index is 0.371. The van der Waals surface area contributed by atoms with Gasteiger partial charge in [-0.05, 0) is 65.9 Å². The molecule has 2 nitrogen and oxygen atoms in total. The predicted molar refractivity (Wildman–Crippen MR) is 81.0 cm³/mol. The van der Waals surface area contributed by atoms with Crippen molar-refractivity contribution in [2.75, 3.05) is 0 Å². The van der Waals surface area contributed by atoms with Gasteiger partial charge in [0.25, 0.3) is 0 Å². The Bertz CT molecular complexity index is 462. The molecule has 0 spiro atoms. The number of rotatable bonds is 4. The maximum Gasteiger partial charge on any atom is 0.134 e.